The van der Waals surface area contributed by atoms with Crippen molar-refractivity contribution in [3.63, 3.8) is 0 Å². The molecule has 1 saturated heterocycles. The van der Waals surface area contributed by atoms with Crippen molar-refractivity contribution in [2.45, 2.75) is 37.1 Å². The van der Waals surface area contributed by atoms with Gasteiger partial charge in [-0.3, -0.25) is 0 Å². The van der Waals surface area contributed by atoms with E-state index in [0.717, 1.165) is 42.3 Å². The summed E-state index contributed by atoms with van der Waals surface area (Å²) < 4.78 is 2.06. The standard InChI is InChI=1S/C17H23N5OS/c1-3-21-12-18-20-16(21)13-7-6-10-22(11-13)17(23)19-14-8-4-5-9-15(14)24-2/h4-5,8-9,12-13H,3,6-7,10-11H2,1-2H3,(H,19,23)/t13-/m0/s1. The summed E-state index contributed by atoms with van der Waals surface area (Å²) in [6.45, 7) is 4.40. The minimum absolute atomic E-state index is 0.0382. The average Bonchev–Trinajstić information content (AvgIpc) is 3.11. The molecular formula is C17H23N5OS. The summed E-state index contributed by atoms with van der Waals surface area (Å²) in [5.41, 5.74) is 0.869. The highest BCUT2D eigenvalue weighted by Crippen LogP contribution is 2.28. The number of amides is 2. The predicted octanol–water partition coefficient (Wildman–Crippen LogP) is 3.43. The van der Waals surface area contributed by atoms with Gasteiger partial charge in [-0.15, -0.1) is 22.0 Å². The second-order valence-corrected chi connectivity index (χ2v) is 6.74. The van der Waals surface area contributed by atoms with Crippen LogP contribution in [-0.2, 0) is 6.54 Å². The second kappa shape index (κ2) is 7.70. The first-order valence-electron chi connectivity index (χ1n) is 8.29. The molecule has 2 heterocycles. The first kappa shape index (κ1) is 16.8. The molecular weight excluding hydrogens is 322 g/mol. The molecule has 0 unspecified atom stereocenters. The molecule has 0 saturated carbocycles. The number of hydrogen-bond donors (Lipinski definition) is 1. The molecule has 1 aliphatic rings. The number of hydrogen-bond acceptors (Lipinski definition) is 4. The summed E-state index contributed by atoms with van der Waals surface area (Å²) in [6, 6.07) is 7.85. The lowest BCUT2D eigenvalue weighted by Gasteiger charge is -2.32. The number of urea groups is 1. The second-order valence-electron chi connectivity index (χ2n) is 5.89. The topological polar surface area (TPSA) is 63.1 Å². The Morgan fingerprint density at radius 1 is 1.42 bits per heavy atom. The zero-order valence-corrected chi connectivity index (χ0v) is 14.9. The molecule has 1 aliphatic heterocycles. The van der Waals surface area contributed by atoms with Crippen molar-refractivity contribution in [2.75, 3.05) is 24.7 Å². The molecule has 6 nitrogen and oxygen atoms in total. The molecule has 0 spiro atoms. The van der Waals surface area contributed by atoms with Gasteiger partial charge in [-0.2, -0.15) is 0 Å². The van der Waals surface area contributed by atoms with Crippen molar-refractivity contribution in [1.29, 1.82) is 0 Å². The van der Waals surface area contributed by atoms with Crippen LogP contribution in [0.25, 0.3) is 0 Å². The van der Waals surface area contributed by atoms with Crippen LogP contribution in [0, 0.1) is 0 Å². The van der Waals surface area contributed by atoms with Gasteiger partial charge < -0.3 is 14.8 Å². The summed E-state index contributed by atoms with van der Waals surface area (Å²) in [6.07, 6.45) is 5.81. The quantitative estimate of drug-likeness (QED) is 0.862. The number of aryl methyl sites for hydroxylation is 1. The number of carbonyl (C=O) groups excluding carboxylic acids is 1. The number of benzene rings is 1. The van der Waals surface area contributed by atoms with Gasteiger partial charge >= 0.3 is 6.03 Å². The summed E-state index contributed by atoms with van der Waals surface area (Å²) in [7, 11) is 0. The number of thioether (sulfide) groups is 1. The molecule has 1 aromatic heterocycles. The van der Waals surface area contributed by atoms with Crippen LogP contribution in [0.2, 0.25) is 0 Å². The average molecular weight is 345 g/mol. The van der Waals surface area contributed by atoms with E-state index in [1.807, 2.05) is 35.4 Å². The van der Waals surface area contributed by atoms with Crippen LogP contribution in [0.15, 0.2) is 35.5 Å². The Bertz CT molecular complexity index is 702. The van der Waals surface area contributed by atoms with Gasteiger partial charge in [-0.05, 0) is 38.2 Å². The molecule has 0 radical (unpaired) electrons. The van der Waals surface area contributed by atoms with E-state index < -0.39 is 0 Å². The maximum atomic E-state index is 12.7. The van der Waals surface area contributed by atoms with E-state index >= 15 is 0 Å². The molecule has 0 bridgehead atoms. The summed E-state index contributed by atoms with van der Waals surface area (Å²) >= 11 is 1.63. The van der Waals surface area contributed by atoms with E-state index in [0.29, 0.717) is 6.54 Å². The minimum Gasteiger partial charge on any atom is -0.324 e. The zero-order valence-electron chi connectivity index (χ0n) is 14.1. The Labute approximate surface area is 146 Å². The highest BCUT2D eigenvalue weighted by molar-refractivity contribution is 7.98. The largest absolute Gasteiger partial charge is 0.324 e. The van der Waals surface area contributed by atoms with Crippen molar-refractivity contribution < 1.29 is 4.79 Å². The molecule has 1 N–H and O–H groups in total. The fraction of sp³-hybridized carbons (Fsp3) is 0.471. The third-order valence-corrected chi connectivity index (χ3v) is 5.20. The maximum Gasteiger partial charge on any atom is 0.321 e. The Balaban J connectivity index is 1.69. The highest BCUT2D eigenvalue weighted by atomic mass is 32.2. The van der Waals surface area contributed by atoms with Crippen molar-refractivity contribution in [3.05, 3.63) is 36.4 Å². The first-order chi connectivity index (χ1) is 11.7. The van der Waals surface area contributed by atoms with Gasteiger partial charge in [-0.25, -0.2) is 4.79 Å². The smallest absolute Gasteiger partial charge is 0.321 e. The molecule has 1 aromatic carbocycles. The summed E-state index contributed by atoms with van der Waals surface area (Å²) in [5, 5.41) is 11.3. The summed E-state index contributed by atoms with van der Waals surface area (Å²) in [5.74, 6) is 1.24. The van der Waals surface area contributed by atoms with Gasteiger partial charge in [0.25, 0.3) is 0 Å². The number of carbonyl (C=O) groups is 1. The molecule has 2 amide bonds. The number of rotatable bonds is 4. The van der Waals surface area contributed by atoms with Gasteiger partial charge in [0, 0.05) is 30.4 Å². The van der Waals surface area contributed by atoms with Crippen LogP contribution < -0.4 is 5.32 Å². The number of aromatic nitrogens is 3. The van der Waals surface area contributed by atoms with E-state index in [1.54, 1.807) is 18.1 Å². The van der Waals surface area contributed by atoms with Gasteiger partial charge in [-0.1, -0.05) is 12.1 Å². The van der Waals surface area contributed by atoms with Gasteiger partial charge in [0.05, 0.1) is 5.69 Å². The molecule has 0 aliphatic carbocycles. The number of likely N-dealkylation sites (tertiary alicyclic amines) is 1. The third-order valence-electron chi connectivity index (χ3n) is 4.41. The lowest BCUT2D eigenvalue weighted by molar-refractivity contribution is 0.190. The number of piperidine rings is 1. The Hall–Kier alpha value is -2.02. The Morgan fingerprint density at radius 2 is 2.25 bits per heavy atom. The van der Waals surface area contributed by atoms with E-state index in [9.17, 15) is 4.79 Å². The fourth-order valence-corrected chi connectivity index (χ4v) is 3.69. The monoisotopic (exact) mass is 345 g/mol. The van der Waals surface area contributed by atoms with Gasteiger partial charge in [0.2, 0.25) is 0 Å². The van der Waals surface area contributed by atoms with Crippen molar-refractivity contribution in [2.24, 2.45) is 0 Å². The van der Waals surface area contributed by atoms with Gasteiger partial charge in [0.1, 0.15) is 12.2 Å². The van der Waals surface area contributed by atoms with Crippen LogP contribution in [0.4, 0.5) is 10.5 Å². The van der Waals surface area contributed by atoms with Gasteiger partial charge in [0.15, 0.2) is 0 Å². The highest BCUT2D eigenvalue weighted by Gasteiger charge is 2.28. The van der Waals surface area contributed by atoms with E-state index in [1.165, 1.54) is 0 Å². The summed E-state index contributed by atoms with van der Waals surface area (Å²) in [4.78, 5) is 15.6. The first-order valence-corrected chi connectivity index (χ1v) is 9.52. The number of nitrogens with one attached hydrogen (secondary N) is 1. The van der Waals surface area contributed by atoms with Crippen LogP contribution in [0.3, 0.4) is 0 Å². The molecule has 7 heteroatoms. The van der Waals surface area contributed by atoms with E-state index in [-0.39, 0.29) is 11.9 Å². The lowest BCUT2D eigenvalue weighted by atomic mass is 9.97. The fourth-order valence-electron chi connectivity index (χ4n) is 3.14. The molecule has 2 aromatic rings. The van der Waals surface area contributed by atoms with Crippen LogP contribution in [0.1, 0.15) is 31.5 Å². The normalized spacial score (nSPS) is 17.8. The van der Waals surface area contributed by atoms with Crippen molar-refractivity contribution in [3.8, 4) is 0 Å². The van der Waals surface area contributed by atoms with Crippen molar-refractivity contribution in [1.82, 2.24) is 19.7 Å². The number of nitrogens with zero attached hydrogens (tertiary/aromatic N) is 4. The molecule has 1 fully saturated rings. The Morgan fingerprint density at radius 3 is 3.04 bits per heavy atom. The minimum atomic E-state index is -0.0382. The van der Waals surface area contributed by atoms with Crippen LogP contribution in [-0.4, -0.2) is 45.0 Å². The molecule has 3 rings (SSSR count). The van der Waals surface area contributed by atoms with Crippen LogP contribution >= 0.6 is 11.8 Å². The lowest BCUT2D eigenvalue weighted by Crippen LogP contribution is -2.42. The van der Waals surface area contributed by atoms with E-state index in [2.05, 4.69) is 27.0 Å². The molecule has 128 valence electrons. The zero-order chi connectivity index (χ0) is 16.9. The Kier molecular flexibility index (Phi) is 5.40. The number of anilines is 1. The van der Waals surface area contributed by atoms with E-state index in [4.69, 9.17) is 0 Å². The van der Waals surface area contributed by atoms with Crippen molar-refractivity contribution >= 4 is 23.5 Å². The number of para-hydroxylation sites is 1. The van der Waals surface area contributed by atoms with Crippen LogP contribution in [0.5, 0.6) is 0 Å². The molecule has 1 atom stereocenters. The molecule has 24 heavy (non-hydrogen) atoms. The SMILES string of the molecule is CCn1cnnc1[C@H]1CCCN(C(=O)Nc2ccccc2SC)C1. The maximum absolute atomic E-state index is 12.7. The predicted molar refractivity (Wildman–Crippen MR) is 96.5 cm³/mol. The third kappa shape index (κ3) is 3.56.